The van der Waals surface area contributed by atoms with Crippen molar-refractivity contribution in [2.45, 2.75) is 51.7 Å². The summed E-state index contributed by atoms with van der Waals surface area (Å²) in [6.45, 7) is 2.57. The monoisotopic (exact) mass is 569 g/mol. The number of carbonyl (C=O) groups is 4. The van der Waals surface area contributed by atoms with Gasteiger partial charge in [-0.2, -0.15) is 0 Å². The number of Topliss-reactive ketones (excluding diaryl/α,β-unsaturated/α-hetero) is 1. The molecular weight excluding hydrogens is 534 g/mol. The minimum atomic E-state index is -0.950. The number of benzene rings is 1. The zero-order chi connectivity index (χ0) is 29.4. The predicted molar refractivity (Wildman–Crippen MR) is 143 cm³/mol. The lowest BCUT2D eigenvalue weighted by Gasteiger charge is -2.30. The van der Waals surface area contributed by atoms with E-state index in [0.717, 1.165) is 18.4 Å². The molecule has 0 radical (unpaired) electrons. The molecule has 0 bridgehead atoms. The lowest BCUT2D eigenvalue weighted by Crippen LogP contribution is -2.41. The van der Waals surface area contributed by atoms with Crippen LogP contribution in [0.25, 0.3) is 0 Å². The highest BCUT2D eigenvalue weighted by Crippen LogP contribution is 2.34. The molecule has 1 saturated carbocycles. The molecule has 4 rings (SSSR count). The topological polar surface area (TPSA) is 137 Å². The van der Waals surface area contributed by atoms with Crippen LogP contribution in [0, 0.1) is 17.8 Å². The lowest BCUT2D eigenvalue weighted by atomic mass is 9.91. The van der Waals surface area contributed by atoms with E-state index in [1.807, 2.05) is 30.3 Å². The van der Waals surface area contributed by atoms with E-state index in [2.05, 4.69) is 4.98 Å². The predicted octanol–water partition coefficient (Wildman–Crippen LogP) is 3.32. The first-order chi connectivity index (χ1) is 19.8. The van der Waals surface area contributed by atoms with Gasteiger partial charge in [0, 0.05) is 31.5 Å². The number of nitrogens with zero attached hydrogens (tertiary/aromatic N) is 1. The number of hydrogen-bond acceptors (Lipinski definition) is 11. The summed E-state index contributed by atoms with van der Waals surface area (Å²) < 4.78 is 33.3. The van der Waals surface area contributed by atoms with E-state index in [1.165, 1.54) is 26.3 Å². The molecule has 1 aliphatic carbocycles. The summed E-state index contributed by atoms with van der Waals surface area (Å²) in [5.74, 6) is -3.18. The summed E-state index contributed by atoms with van der Waals surface area (Å²) in [6, 6.07) is 11.2. The highest BCUT2D eigenvalue weighted by molar-refractivity contribution is 5.99. The second-order valence-corrected chi connectivity index (χ2v) is 10.2. The first-order valence-corrected chi connectivity index (χ1v) is 13.6. The maximum absolute atomic E-state index is 13.4. The molecule has 0 unspecified atom stereocenters. The van der Waals surface area contributed by atoms with E-state index in [-0.39, 0.29) is 54.6 Å². The fourth-order valence-electron chi connectivity index (χ4n) is 4.65. The normalized spacial score (nSPS) is 22.8. The van der Waals surface area contributed by atoms with E-state index < -0.39 is 42.6 Å². The van der Waals surface area contributed by atoms with Crippen LogP contribution in [0.5, 0.6) is 11.5 Å². The molecule has 11 nitrogen and oxygen atoms in total. The molecule has 220 valence electrons. The van der Waals surface area contributed by atoms with Crippen molar-refractivity contribution in [3.05, 3.63) is 53.9 Å². The maximum Gasteiger partial charge on any atom is 0.312 e. The molecule has 1 aliphatic heterocycles. The van der Waals surface area contributed by atoms with Crippen LogP contribution in [0.3, 0.4) is 0 Å². The van der Waals surface area contributed by atoms with Crippen LogP contribution < -0.4 is 9.47 Å². The van der Waals surface area contributed by atoms with Crippen LogP contribution in [0.15, 0.2) is 42.6 Å². The van der Waals surface area contributed by atoms with Gasteiger partial charge >= 0.3 is 17.9 Å². The second-order valence-electron chi connectivity index (χ2n) is 10.2. The average Bonchev–Trinajstić information content (AvgIpc) is 3.80. The first kappa shape index (κ1) is 30.0. The summed E-state index contributed by atoms with van der Waals surface area (Å²) in [4.78, 5) is 54.6. The average molecular weight is 570 g/mol. The fraction of sp³-hybridized carbons (Fsp3) is 0.500. The summed E-state index contributed by atoms with van der Waals surface area (Å²) in [7, 11) is 1.39. The summed E-state index contributed by atoms with van der Waals surface area (Å²) in [5.41, 5.74) is 0.943. The summed E-state index contributed by atoms with van der Waals surface area (Å²) in [6.07, 6.45) is 1.72. The summed E-state index contributed by atoms with van der Waals surface area (Å²) >= 11 is 0. The SMILES string of the molecule is COc1ccnc(C(=O)C[C@H]2COC[C@H](Cc3ccccc3)[C@@H](OC(=O)C3CC3)[C@H](C)OC2=O)c1OCOC(C)=O. The Morgan fingerprint density at radius 1 is 1.07 bits per heavy atom. The van der Waals surface area contributed by atoms with Crippen molar-refractivity contribution >= 4 is 23.7 Å². The van der Waals surface area contributed by atoms with Gasteiger partial charge in [0.05, 0.1) is 32.2 Å². The maximum atomic E-state index is 13.4. The second kappa shape index (κ2) is 14.1. The molecule has 4 atom stereocenters. The highest BCUT2D eigenvalue weighted by atomic mass is 16.7. The van der Waals surface area contributed by atoms with Gasteiger partial charge in [-0.15, -0.1) is 0 Å². The molecule has 0 spiro atoms. The smallest absolute Gasteiger partial charge is 0.312 e. The Hall–Kier alpha value is -3.99. The van der Waals surface area contributed by atoms with Crippen LogP contribution >= 0.6 is 0 Å². The Morgan fingerprint density at radius 3 is 2.51 bits per heavy atom. The number of carbonyl (C=O) groups excluding carboxylic acids is 4. The van der Waals surface area contributed by atoms with E-state index in [0.29, 0.717) is 6.42 Å². The van der Waals surface area contributed by atoms with Crippen LogP contribution in [0.4, 0.5) is 0 Å². The van der Waals surface area contributed by atoms with Crippen molar-refractivity contribution in [3.63, 3.8) is 0 Å². The number of ketones is 1. The van der Waals surface area contributed by atoms with E-state index in [1.54, 1.807) is 6.92 Å². The number of ether oxygens (including phenoxy) is 6. The molecule has 0 amide bonds. The van der Waals surface area contributed by atoms with Crippen molar-refractivity contribution in [1.82, 2.24) is 4.98 Å². The zero-order valence-corrected chi connectivity index (χ0v) is 23.4. The summed E-state index contributed by atoms with van der Waals surface area (Å²) in [5, 5.41) is 0. The minimum Gasteiger partial charge on any atom is -0.493 e. The molecule has 2 fully saturated rings. The number of methoxy groups -OCH3 is 1. The third kappa shape index (κ3) is 8.26. The Bertz CT molecular complexity index is 1230. The van der Waals surface area contributed by atoms with E-state index in [9.17, 15) is 19.2 Å². The Morgan fingerprint density at radius 2 is 1.83 bits per heavy atom. The third-order valence-corrected chi connectivity index (χ3v) is 6.97. The largest absolute Gasteiger partial charge is 0.493 e. The molecule has 1 saturated heterocycles. The van der Waals surface area contributed by atoms with Crippen molar-refractivity contribution in [1.29, 1.82) is 0 Å². The van der Waals surface area contributed by atoms with E-state index in [4.69, 9.17) is 28.4 Å². The van der Waals surface area contributed by atoms with Gasteiger partial charge in [0.1, 0.15) is 12.2 Å². The Labute approximate surface area is 238 Å². The highest BCUT2D eigenvalue weighted by Gasteiger charge is 2.40. The number of aromatic nitrogens is 1. The molecule has 41 heavy (non-hydrogen) atoms. The molecule has 2 aromatic rings. The number of esters is 3. The minimum absolute atomic E-state index is 0.0121. The number of hydrogen-bond donors (Lipinski definition) is 0. The molecule has 1 aromatic heterocycles. The Balaban J connectivity index is 1.51. The molecule has 0 N–H and O–H groups in total. The van der Waals surface area contributed by atoms with Crippen LogP contribution in [0.1, 0.15) is 49.2 Å². The van der Waals surface area contributed by atoms with Gasteiger partial charge in [-0.05, 0) is 31.7 Å². The molecule has 2 aliphatic rings. The van der Waals surface area contributed by atoms with Gasteiger partial charge in [-0.3, -0.25) is 19.2 Å². The molecule has 11 heteroatoms. The number of pyridine rings is 1. The number of rotatable bonds is 11. The van der Waals surface area contributed by atoms with Gasteiger partial charge in [0.25, 0.3) is 0 Å². The van der Waals surface area contributed by atoms with Gasteiger partial charge in [0.2, 0.25) is 6.79 Å². The molecular formula is C30H35NO10. The first-order valence-electron chi connectivity index (χ1n) is 13.6. The zero-order valence-electron chi connectivity index (χ0n) is 23.4. The standard InChI is InChI=1S/C30H35NO10/c1-18-27(41-29(34)21-9-10-21)22(13-20-7-5-4-6-8-20)15-37-16-23(30(35)40-18)14-24(33)26-28(39-17-38-19(2)32)25(36-3)11-12-31-26/h4-8,11-12,18,21-23,27H,9-10,13-17H2,1-3H3/t18-,22-,23-,27-/m0/s1. The van der Waals surface area contributed by atoms with Crippen LogP contribution in [-0.4, -0.2) is 68.0 Å². The van der Waals surface area contributed by atoms with Gasteiger partial charge in [0.15, 0.2) is 23.0 Å². The van der Waals surface area contributed by atoms with E-state index >= 15 is 0 Å². The van der Waals surface area contributed by atoms with Gasteiger partial charge in [-0.25, -0.2) is 4.98 Å². The van der Waals surface area contributed by atoms with Crippen molar-refractivity contribution in [3.8, 4) is 11.5 Å². The van der Waals surface area contributed by atoms with Crippen molar-refractivity contribution < 1.29 is 47.6 Å². The van der Waals surface area contributed by atoms with Crippen molar-refractivity contribution in [2.24, 2.45) is 17.8 Å². The lowest BCUT2D eigenvalue weighted by molar-refractivity contribution is -0.173. The van der Waals surface area contributed by atoms with Crippen molar-refractivity contribution in [2.75, 3.05) is 27.1 Å². The van der Waals surface area contributed by atoms with Gasteiger partial charge in [-0.1, -0.05) is 30.3 Å². The third-order valence-electron chi connectivity index (χ3n) is 6.97. The molecule has 2 heterocycles. The van der Waals surface area contributed by atoms with Crippen LogP contribution in [0.2, 0.25) is 0 Å². The molecule has 1 aromatic carbocycles. The fourth-order valence-corrected chi connectivity index (χ4v) is 4.65. The quantitative estimate of drug-likeness (QED) is 0.171. The number of cyclic esters (lactones) is 1. The Kier molecular flexibility index (Phi) is 10.3. The van der Waals surface area contributed by atoms with Crippen LogP contribution in [-0.2, 0) is 39.8 Å². The van der Waals surface area contributed by atoms with Gasteiger partial charge < -0.3 is 28.4 Å².